The quantitative estimate of drug-likeness (QED) is 0.587. The van der Waals surface area contributed by atoms with E-state index < -0.39 is 28.5 Å². The molecule has 0 aliphatic heterocycles. The lowest BCUT2D eigenvalue weighted by atomic mass is 10.1. The molecule has 0 bridgehead atoms. The Bertz CT molecular complexity index is 590. The fourth-order valence-electron chi connectivity index (χ4n) is 2.14. The standard InChI is InChI=1S/C11H14N4O5/c1-5-8(15(19)20)9(14(2)13-5)10(16)12-7(11(17)18)6-3-4-6/h6-7H,3-4H2,1-2H3,(H,12,16)(H,17,18). The van der Waals surface area contributed by atoms with Gasteiger partial charge in [-0.15, -0.1) is 0 Å². The molecule has 0 radical (unpaired) electrons. The van der Waals surface area contributed by atoms with Crippen LogP contribution in [0.3, 0.4) is 0 Å². The van der Waals surface area contributed by atoms with Gasteiger partial charge in [0.25, 0.3) is 5.91 Å². The highest BCUT2D eigenvalue weighted by Gasteiger charge is 2.39. The van der Waals surface area contributed by atoms with Crippen molar-refractivity contribution in [3.8, 4) is 0 Å². The normalized spacial score (nSPS) is 15.7. The third-order valence-corrected chi connectivity index (χ3v) is 3.23. The summed E-state index contributed by atoms with van der Waals surface area (Å²) in [7, 11) is 1.40. The Morgan fingerprint density at radius 1 is 1.55 bits per heavy atom. The van der Waals surface area contributed by atoms with Crippen molar-refractivity contribution in [1.82, 2.24) is 15.1 Å². The van der Waals surface area contributed by atoms with Crippen LogP contribution in [0.2, 0.25) is 0 Å². The smallest absolute Gasteiger partial charge is 0.326 e. The van der Waals surface area contributed by atoms with Crippen LogP contribution in [0, 0.1) is 23.0 Å². The van der Waals surface area contributed by atoms with Crippen molar-refractivity contribution in [1.29, 1.82) is 0 Å². The molecule has 1 heterocycles. The first-order valence-electron chi connectivity index (χ1n) is 6.04. The zero-order valence-electron chi connectivity index (χ0n) is 11.0. The van der Waals surface area contributed by atoms with Crippen LogP contribution in [0.15, 0.2) is 0 Å². The summed E-state index contributed by atoms with van der Waals surface area (Å²) < 4.78 is 1.09. The molecule has 9 nitrogen and oxygen atoms in total. The molecule has 2 rings (SSSR count). The molecule has 1 aromatic rings. The van der Waals surface area contributed by atoms with E-state index in [0.717, 1.165) is 17.5 Å². The lowest BCUT2D eigenvalue weighted by Crippen LogP contribution is -2.43. The Morgan fingerprint density at radius 3 is 2.60 bits per heavy atom. The maximum atomic E-state index is 12.1. The second-order valence-corrected chi connectivity index (χ2v) is 4.79. The molecular weight excluding hydrogens is 268 g/mol. The number of hydrogen-bond donors (Lipinski definition) is 2. The molecule has 1 saturated carbocycles. The van der Waals surface area contributed by atoms with Gasteiger partial charge >= 0.3 is 11.7 Å². The number of nitrogens with one attached hydrogen (secondary N) is 1. The largest absolute Gasteiger partial charge is 0.480 e. The van der Waals surface area contributed by atoms with Crippen molar-refractivity contribution < 1.29 is 19.6 Å². The molecular formula is C11H14N4O5. The van der Waals surface area contributed by atoms with Gasteiger partial charge in [0.15, 0.2) is 0 Å². The van der Waals surface area contributed by atoms with Crippen LogP contribution < -0.4 is 5.32 Å². The van der Waals surface area contributed by atoms with Crippen molar-refractivity contribution >= 4 is 17.6 Å². The fraction of sp³-hybridized carbons (Fsp3) is 0.545. The first-order valence-corrected chi connectivity index (χ1v) is 6.04. The Balaban J connectivity index is 2.29. The third-order valence-electron chi connectivity index (χ3n) is 3.23. The summed E-state index contributed by atoms with van der Waals surface area (Å²) in [5.74, 6) is -2.04. The van der Waals surface area contributed by atoms with E-state index in [2.05, 4.69) is 10.4 Å². The van der Waals surface area contributed by atoms with Gasteiger partial charge in [-0.3, -0.25) is 19.6 Å². The Hall–Kier alpha value is -2.45. The number of amides is 1. The van der Waals surface area contributed by atoms with Crippen LogP contribution in [0.1, 0.15) is 29.0 Å². The molecule has 1 aromatic heterocycles. The van der Waals surface area contributed by atoms with E-state index in [0.29, 0.717) is 0 Å². The van der Waals surface area contributed by atoms with E-state index in [1.165, 1.54) is 14.0 Å². The summed E-state index contributed by atoms with van der Waals surface area (Å²) in [4.78, 5) is 33.5. The van der Waals surface area contributed by atoms with Gasteiger partial charge in [-0.1, -0.05) is 0 Å². The number of aromatic nitrogens is 2. The number of hydrogen-bond acceptors (Lipinski definition) is 5. The van der Waals surface area contributed by atoms with E-state index in [4.69, 9.17) is 5.11 Å². The topological polar surface area (TPSA) is 127 Å². The van der Waals surface area contributed by atoms with Gasteiger partial charge in [0.1, 0.15) is 11.7 Å². The van der Waals surface area contributed by atoms with Crippen LogP contribution in [0.5, 0.6) is 0 Å². The molecule has 0 spiro atoms. The van der Waals surface area contributed by atoms with Crippen molar-refractivity contribution in [2.45, 2.75) is 25.8 Å². The van der Waals surface area contributed by atoms with Crippen LogP contribution in [0.25, 0.3) is 0 Å². The Morgan fingerprint density at radius 2 is 2.15 bits per heavy atom. The number of aliphatic carboxylic acids is 1. The minimum absolute atomic E-state index is 0.107. The first kappa shape index (κ1) is 14.0. The number of aryl methyl sites for hydroxylation is 2. The number of nitro groups is 1. The zero-order chi connectivity index (χ0) is 15.0. The van der Waals surface area contributed by atoms with Crippen molar-refractivity contribution in [2.24, 2.45) is 13.0 Å². The van der Waals surface area contributed by atoms with Crippen molar-refractivity contribution in [3.05, 3.63) is 21.5 Å². The highest BCUT2D eigenvalue weighted by molar-refractivity contribution is 5.99. The Labute approximate surface area is 113 Å². The summed E-state index contributed by atoms with van der Waals surface area (Å²) in [5.41, 5.74) is -0.523. The summed E-state index contributed by atoms with van der Waals surface area (Å²) in [6.07, 6.45) is 1.45. The average molecular weight is 282 g/mol. The predicted octanol–water partition coefficient (Wildman–Crippen LogP) is 0.230. The molecule has 108 valence electrons. The Kier molecular flexibility index (Phi) is 3.43. The second kappa shape index (κ2) is 4.91. The molecule has 1 fully saturated rings. The molecule has 0 saturated heterocycles. The van der Waals surface area contributed by atoms with Gasteiger partial charge < -0.3 is 10.4 Å². The highest BCUT2D eigenvalue weighted by Crippen LogP contribution is 2.33. The van der Waals surface area contributed by atoms with Crippen LogP contribution in [-0.2, 0) is 11.8 Å². The van der Waals surface area contributed by atoms with E-state index >= 15 is 0 Å². The first-order chi connectivity index (χ1) is 9.32. The number of carboxylic acids is 1. The molecule has 1 atom stereocenters. The second-order valence-electron chi connectivity index (χ2n) is 4.79. The zero-order valence-corrected chi connectivity index (χ0v) is 11.0. The van der Waals surface area contributed by atoms with Crippen LogP contribution >= 0.6 is 0 Å². The number of carboxylic acid groups (broad SMARTS) is 1. The lowest BCUT2D eigenvalue weighted by Gasteiger charge is -2.13. The summed E-state index contributed by atoms with van der Waals surface area (Å²) in [5, 5.41) is 26.2. The van der Waals surface area contributed by atoms with Gasteiger partial charge in [0.05, 0.1) is 4.92 Å². The van der Waals surface area contributed by atoms with Crippen LogP contribution in [0.4, 0.5) is 5.69 Å². The molecule has 9 heteroatoms. The van der Waals surface area contributed by atoms with E-state index in [1.807, 2.05) is 0 Å². The van der Waals surface area contributed by atoms with Gasteiger partial charge in [-0.2, -0.15) is 5.10 Å². The van der Waals surface area contributed by atoms with Gasteiger partial charge in [0, 0.05) is 7.05 Å². The number of carbonyl (C=O) groups excluding carboxylic acids is 1. The summed E-state index contributed by atoms with van der Waals surface area (Å²) >= 11 is 0. The van der Waals surface area contributed by atoms with Gasteiger partial charge in [-0.25, -0.2) is 4.79 Å². The SMILES string of the molecule is Cc1nn(C)c(C(=O)NC(C(=O)O)C2CC2)c1[N+](=O)[O-]. The van der Waals surface area contributed by atoms with Gasteiger partial charge in [-0.05, 0) is 25.7 Å². The average Bonchev–Trinajstić information content (AvgIpc) is 3.10. The lowest BCUT2D eigenvalue weighted by molar-refractivity contribution is -0.385. The highest BCUT2D eigenvalue weighted by atomic mass is 16.6. The minimum Gasteiger partial charge on any atom is -0.480 e. The maximum absolute atomic E-state index is 12.1. The van der Waals surface area contributed by atoms with Crippen molar-refractivity contribution in [3.63, 3.8) is 0 Å². The number of rotatable bonds is 5. The van der Waals surface area contributed by atoms with Gasteiger partial charge in [0.2, 0.25) is 5.69 Å². The monoisotopic (exact) mass is 282 g/mol. The molecule has 1 aliphatic carbocycles. The van der Waals surface area contributed by atoms with Crippen LogP contribution in [-0.4, -0.2) is 37.7 Å². The van der Waals surface area contributed by atoms with E-state index in [9.17, 15) is 19.7 Å². The third kappa shape index (κ3) is 2.46. The van der Waals surface area contributed by atoms with E-state index in [-0.39, 0.29) is 17.3 Å². The summed E-state index contributed by atoms with van der Waals surface area (Å²) in [6.45, 7) is 1.42. The molecule has 2 N–H and O–H groups in total. The number of nitrogens with zero attached hydrogens (tertiary/aromatic N) is 3. The molecule has 1 aliphatic rings. The van der Waals surface area contributed by atoms with E-state index in [1.54, 1.807) is 0 Å². The maximum Gasteiger partial charge on any atom is 0.326 e. The fourth-order valence-corrected chi connectivity index (χ4v) is 2.14. The molecule has 1 unspecified atom stereocenters. The predicted molar refractivity (Wildman–Crippen MR) is 66.2 cm³/mol. The minimum atomic E-state index is -1.14. The summed E-state index contributed by atoms with van der Waals surface area (Å²) in [6, 6.07) is -1.02. The number of carbonyl (C=O) groups is 2. The molecule has 20 heavy (non-hydrogen) atoms. The molecule has 1 amide bonds. The van der Waals surface area contributed by atoms with Crippen molar-refractivity contribution in [2.75, 3.05) is 0 Å². The molecule has 0 aromatic carbocycles.